The third-order valence-corrected chi connectivity index (χ3v) is 3.42. The third-order valence-electron chi connectivity index (χ3n) is 1.14. The molecular weight excluding hydrogens is 223 g/mol. The lowest BCUT2D eigenvalue weighted by Gasteiger charge is -2.03. The smallest absolute Gasteiger partial charge is 0.358 e. The molecule has 0 radical (unpaired) electrons. The number of rotatable bonds is 7. The van der Waals surface area contributed by atoms with Crippen molar-refractivity contribution in [3.8, 4) is 0 Å². The Morgan fingerprint density at radius 2 is 1.93 bits per heavy atom. The molecule has 0 atom stereocenters. The summed E-state index contributed by atoms with van der Waals surface area (Å²) in [6.07, 6.45) is 1.00. The minimum atomic E-state index is -3.86. The maximum absolute atomic E-state index is 10.3. The average molecular weight is 245 g/mol. The van der Waals surface area contributed by atoms with Crippen molar-refractivity contribution >= 4 is 18.2 Å². The van der Waals surface area contributed by atoms with Crippen LogP contribution in [0.4, 0.5) is 0 Å². The van der Waals surface area contributed by atoms with E-state index in [1.807, 2.05) is 13.8 Å². The first-order valence-corrected chi connectivity index (χ1v) is 7.96. The summed E-state index contributed by atoms with van der Waals surface area (Å²) in [6.45, 7) is 2.53. The first-order valence-electron chi connectivity index (χ1n) is 4.76. The molecule has 0 aromatic heterocycles. The summed E-state index contributed by atoms with van der Waals surface area (Å²) in [5.74, 6) is 0.446. The molecular formula is C7H22N2O3PS+. The maximum atomic E-state index is 10.3. The van der Waals surface area contributed by atoms with Gasteiger partial charge in [0.1, 0.15) is 0 Å². The molecule has 0 aliphatic rings. The monoisotopic (exact) mass is 245 g/mol. The fourth-order valence-corrected chi connectivity index (χ4v) is 2.07. The molecule has 0 spiro atoms. The molecule has 0 aliphatic heterocycles. The van der Waals surface area contributed by atoms with Crippen molar-refractivity contribution in [3.05, 3.63) is 0 Å². The normalized spacial score (nSPS) is 10.6. The van der Waals surface area contributed by atoms with Crippen LogP contribution in [-0.4, -0.2) is 35.2 Å². The molecule has 0 fully saturated rings. The second-order valence-electron chi connectivity index (χ2n) is 2.28. The van der Waals surface area contributed by atoms with Crippen molar-refractivity contribution in [2.24, 2.45) is 0 Å². The molecule has 0 heterocycles. The molecule has 0 aromatic carbocycles. The molecule has 14 heavy (non-hydrogen) atoms. The Morgan fingerprint density at radius 1 is 1.36 bits per heavy atom. The summed E-state index contributed by atoms with van der Waals surface area (Å²) in [5, 5.41) is 3.05. The van der Waals surface area contributed by atoms with Gasteiger partial charge >= 0.3 is 6.80 Å². The Labute approximate surface area is 89.7 Å². The van der Waals surface area contributed by atoms with Crippen LogP contribution in [0.15, 0.2) is 0 Å². The van der Waals surface area contributed by atoms with E-state index in [-0.39, 0.29) is 0 Å². The predicted octanol–water partition coefficient (Wildman–Crippen LogP) is 0.0601. The molecule has 7 heteroatoms. The first kappa shape index (κ1) is 16.8. The minimum Gasteiger partial charge on any atom is -0.358 e. The van der Waals surface area contributed by atoms with Crippen LogP contribution in [0.3, 0.4) is 0 Å². The molecule has 6 N–H and O–H groups in total. The maximum Gasteiger partial charge on any atom is 0.384 e. The topological polar surface area (TPSA) is 97.2 Å². The van der Waals surface area contributed by atoms with Gasteiger partial charge in [-0.25, -0.2) is 4.57 Å². The van der Waals surface area contributed by atoms with Crippen LogP contribution in [0.2, 0.25) is 0 Å². The van der Waals surface area contributed by atoms with E-state index < -0.39 is 6.80 Å². The lowest BCUT2D eigenvalue weighted by Crippen LogP contribution is -2.51. The number of nitrogens with one attached hydrogen (secondary N) is 1. The molecule has 0 saturated heterocycles. The van der Waals surface area contributed by atoms with E-state index >= 15 is 0 Å². The average Bonchev–Trinajstić information content (AvgIpc) is 2.13. The minimum absolute atomic E-state index is 0.446. The highest BCUT2D eigenvalue weighted by Gasteiger charge is 2.11. The van der Waals surface area contributed by atoms with Gasteiger partial charge < -0.3 is 20.8 Å². The van der Waals surface area contributed by atoms with Gasteiger partial charge in [-0.3, -0.25) is 0 Å². The van der Waals surface area contributed by atoms with E-state index in [0.717, 1.165) is 19.5 Å². The fourth-order valence-electron chi connectivity index (χ4n) is 0.612. The van der Waals surface area contributed by atoms with Crippen LogP contribution >= 0.6 is 18.2 Å². The number of quaternary nitrogens is 1. The zero-order chi connectivity index (χ0) is 11.4. The van der Waals surface area contributed by atoms with Crippen LogP contribution < -0.4 is 11.1 Å². The summed E-state index contributed by atoms with van der Waals surface area (Å²) in [6, 6.07) is 0. The van der Waals surface area contributed by atoms with E-state index in [4.69, 9.17) is 9.79 Å². The van der Waals surface area contributed by atoms with Crippen LogP contribution in [-0.2, 0) is 4.57 Å². The molecule has 0 bridgehead atoms. The number of hydrogen-bond acceptors (Lipinski definition) is 3. The van der Waals surface area contributed by atoms with Crippen molar-refractivity contribution in [2.45, 2.75) is 20.3 Å². The lowest BCUT2D eigenvalue weighted by atomic mass is 10.4. The SMILES string of the molecule is CC.[NH3+]CCCNCCSP(=O)(O)O. The Hall–Kier alpha value is 0.420. The van der Waals surface area contributed by atoms with Crippen molar-refractivity contribution < 1.29 is 20.1 Å². The standard InChI is InChI=1S/C5H15N2O3PS.C2H6/c6-2-1-3-7-4-5-12-11(8,9)10;1-2/h7H,1-6H2,(H2,8,9,10);1-2H3/p+1. The third kappa shape index (κ3) is 18.3. The highest BCUT2D eigenvalue weighted by atomic mass is 32.7. The second kappa shape index (κ2) is 11.5. The quantitative estimate of drug-likeness (QED) is 0.375. The Kier molecular flexibility index (Phi) is 13.8. The zero-order valence-electron chi connectivity index (χ0n) is 8.90. The molecule has 0 aliphatic carbocycles. The molecule has 0 amide bonds. The largest absolute Gasteiger partial charge is 0.384 e. The zero-order valence-corrected chi connectivity index (χ0v) is 10.6. The predicted molar refractivity (Wildman–Crippen MR) is 61.1 cm³/mol. The Morgan fingerprint density at radius 3 is 2.36 bits per heavy atom. The molecule has 5 nitrogen and oxygen atoms in total. The fraction of sp³-hybridized carbons (Fsp3) is 1.00. The van der Waals surface area contributed by atoms with E-state index in [2.05, 4.69) is 11.1 Å². The molecule has 0 saturated carbocycles. The van der Waals surface area contributed by atoms with E-state index in [1.54, 1.807) is 0 Å². The first-order chi connectivity index (χ1) is 6.56. The van der Waals surface area contributed by atoms with Gasteiger partial charge in [0.25, 0.3) is 0 Å². The Bertz CT molecular complexity index is 154. The molecule has 0 unspecified atom stereocenters. The van der Waals surface area contributed by atoms with Crippen LogP contribution in [0, 0.1) is 0 Å². The summed E-state index contributed by atoms with van der Waals surface area (Å²) in [5.41, 5.74) is 3.67. The van der Waals surface area contributed by atoms with Crippen molar-refractivity contribution in [2.75, 3.05) is 25.4 Å². The van der Waals surface area contributed by atoms with Crippen LogP contribution in [0.1, 0.15) is 20.3 Å². The van der Waals surface area contributed by atoms with Crippen molar-refractivity contribution in [3.63, 3.8) is 0 Å². The van der Waals surface area contributed by atoms with Gasteiger partial charge in [-0.2, -0.15) is 0 Å². The van der Waals surface area contributed by atoms with E-state index in [0.29, 0.717) is 23.7 Å². The van der Waals surface area contributed by atoms with Gasteiger partial charge in [-0.15, -0.1) is 0 Å². The Balaban J connectivity index is 0. The van der Waals surface area contributed by atoms with Gasteiger partial charge in [0.15, 0.2) is 0 Å². The van der Waals surface area contributed by atoms with Crippen molar-refractivity contribution in [1.29, 1.82) is 0 Å². The molecule has 0 rings (SSSR count). The van der Waals surface area contributed by atoms with Crippen molar-refractivity contribution in [1.82, 2.24) is 5.32 Å². The van der Waals surface area contributed by atoms with Crippen LogP contribution in [0.5, 0.6) is 0 Å². The summed E-state index contributed by atoms with van der Waals surface area (Å²) >= 11 is 0.680. The summed E-state index contributed by atoms with van der Waals surface area (Å²) < 4.78 is 10.3. The lowest BCUT2D eigenvalue weighted by molar-refractivity contribution is -0.367. The number of hydrogen-bond donors (Lipinski definition) is 4. The van der Waals surface area contributed by atoms with Gasteiger partial charge in [-0.1, -0.05) is 13.8 Å². The second-order valence-corrected chi connectivity index (χ2v) is 6.13. The highest BCUT2D eigenvalue weighted by molar-refractivity contribution is 8.54. The highest BCUT2D eigenvalue weighted by Crippen LogP contribution is 2.49. The van der Waals surface area contributed by atoms with Gasteiger partial charge in [0.2, 0.25) is 0 Å². The molecule has 88 valence electrons. The molecule has 0 aromatic rings. The van der Waals surface area contributed by atoms with Gasteiger partial charge in [0, 0.05) is 25.3 Å². The van der Waals surface area contributed by atoms with Gasteiger partial charge in [0.05, 0.1) is 6.54 Å². The van der Waals surface area contributed by atoms with E-state index in [9.17, 15) is 4.57 Å². The van der Waals surface area contributed by atoms with Crippen LogP contribution in [0.25, 0.3) is 0 Å². The van der Waals surface area contributed by atoms with Gasteiger partial charge in [-0.05, 0) is 11.4 Å². The summed E-state index contributed by atoms with van der Waals surface area (Å²) in [4.78, 5) is 16.9. The van der Waals surface area contributed by atoms with E-state index in [1.165, 1.54) is 0 Å². The summed E-state index contributed by atoms with van der Waals surface area (Å²) in [7, 11) is 0.